The number of para-hydroxylation sites is 6. The van der Waals surface area contributed by atoms with Gasteiger partial charge in [-0.15, -0.1) is 22.8 Å². The SMILES string of the molecule is CC1(C)c2cn(-c3ccccc3)c(n2)-c2[n-]c(c3ccccc23)C(C)(C)c2cn(-c3ccccc3)c(n2)-c2[n-]c1c1ccccc21.CC1(C)c2cn(-c3ccccc3)c(n2)-c2cccc(c2O)C(C)(C)c2cn(-c3ccccc3)c(n2)-c2cccc1c2O.Cn1cc2nc1-c1ccc([n-]1)C(C)(C)c1cn(C)c(n1)-c1ccc([n-]1)C2(C)C.[Cu+2].[Pd+2].[Pt]. The molecule has 0 saturated heterocycles. The molecular weight excluding hydrogens is 1800 g/mol. The average molecular weight is 1890 g/mol. The van der Waals surface area contributed by atoms with E-state index in [0.717, 1.165) is 158 Å². The molecule has 0 unspecified atom stereocenters. The number of phenolic OH excluding ortho intramolecular Hbond substituents is 2. The van der Waals surface area contributed by atoms with E-state index in [-0.39, 0.29) is 80.9 Å². The Morgan fingerprint density at radius 3 is 0.891 bits per heavy atom. The van der Waals surface area contributed by atoms with E-state index in [0.29, 0.717) is 22.8 Å². The molecule has 18 nitrogen and oxygen atoms in total. The Morgan fingerprint density at radius 2 is 0.555 bits per heavy atom. The summed E-state index contributed by atoms with van der Waals surface area (Å²) < 4.78 is 12.5. The van der Waals surface area contributed by atoms with Gasteiger partial charge in [-0.2, -0.15) is 0 Å². The van der Waals surface area contributed by atoms with E-state index in [1.54, 1.807) is 0 Å². The van der Waals surface area contributed by atoms with Gasteiger partial charge in [0.25, 0.3) is 0 Å². The van der Waals surface area contributed by atoms with Crippen LogP contribution >= 0.6 is 0 Å². The number of aromatic hydroxyl groups is 2. The molecule has 3 aliphatic rings. The summed E-state index contributed by atoms with van der Waals surface area (Å²) in [5, 5.41) is 28.2. The molecule has 0 saturated carbocycles. The number of nitrogens with zero attached hydrogens (tertiary/aromatic N) is 16. The van der Waals surface area contributed by atoms with Gasteiger partial charge in [0.1, 0.15) is 46.4 Å². The minimum absolute atomic E-state index is 0. The maximum atomic E-state index is 11.9. The van der Waals surface area contributed by atoms with Gasteiger partial charge in [0.2, 0.25) is 0 Å². The van der Waals surface area contributed by atoms with Crippen LogP contribution in [0.5, 0.6) is 11.5 Å². The van der Waals surface area contributed by atoms with Gasteiger partial charge in [-0.25, -0.2) is 29.9 Å². The summed E-state index contributed by atoms with van der Waals surface area (Å²) in [5.74, 6) is 4.97. The zero-order chi connectivity index (χ0) is 80.3. The fraction of sp³-hybridized carbons (Fsp3) is 0.204. The van der Waals surface area contributed by atoms with Crippen molar-refractivity contribution in [2.24, 2.45) is 14.1 Å². The number of aromatic nitrogens is 16. The normalized spacial score (nSPS) is 14.9. The number of rotatable bonds is 4. The number of hydrogen-bond acceptors (Lipinski definition) is 8. The molecule has 8 aromatic carbocycles. The fourth-order valence-electron chi connectivity index (χ4n) is 17.0. The first-order chi connectivity index (χ1) is 55.7. The molecule has 0 atom stereocenters. The van der Waals surface area contributed by atoms with Crippen molar-refractivity contribution in [2.75, 3.05) is 0 Å². The van der Waals surface area contributed by atoms with E-state index in [1.165, 1.54) is 0 Å². The number of fused-ring (bicyclic) bond motifs is 36. The summed E-state index contributed by atoms with van der Waals surface area (Å²) in [7, 11) is 4.04. The minimum atomic E-state index is -0.682. The van der Waals surface area contributed by atoms with E-state index in [1.807, 2.05) is 145 Å². The third-order valence-electron chi connectivity index (χ3n) is 24.4. The molecule has 13 heterocycles. The van der Waals surface area contributed by atoms with Crippen molar-refractivity contribution in [3.05, 3.63) is 336 Å². The van der Waals surface area contributed by atoms with Crippen molar-refractivity contribution >= 4 is 21.5 Å². The van der Waals surface area contributed by atoms with Crippen molar-refractivity contribution in [3.8, 4) is 103 Å². The molecule has 24 bridgehead atoms. The van der Waals surface area contributed by atoms with E-state index >= 15 is 0 Å². The summed E-state index contributed by atoms with van der Waals surface area (Å²) in [6.07, 6.45) is 12.5. The minimum Gasteiger partial charge on any atom is -0.658 e. The number of aryl methyl sites for hydroxylation is 2. The van der Waals surface area contributed by atoms with Gasteiger partial charge < -0.3 is 48.4 Å². The molecule has 0 fully saturated rings. The van der Waals surface area contributed by atoms with Crippen LogP contribution in [-0.4, -0.2) is 67.5 Å². The predicted octanol–water partition coefficient (Wildman–Crippen LogP) is 19.7. The Labute approximate surface area is 730 Å². The Bertz CT molecular complexity index is 6440. The van der Waals surface area contributed by atoms with Crippen LogP contribution in [0.4, 0.5) is 0 Å². The third-order valence-corrected chi connectivity index (χ3v) is 24.4. The summed E-state index contributed by atoms with van der Waals surface area (Å²) in [4.78, 5) is 51.9. The van der Waals surface area contributed by atoms with Crippen LogP contribution in [0.1, 0.15) is 151 Å². The second-order valence-corrected chi connectivity index (χ2v) is 34.0. The monoisotopic (exact) mass is 1880 g/mol. The molecule has 119 heavy (non-hydrogen) atoms. The van der Waals surface area contributed by atoms with Crippen molar-refractivity contribution in [1.82, 2.24) is 77.2 Å². The molecular formula is C98H88CuN16O2PdPt. The zero-order valence-corrected chi connectivity index (χ0v) is 73.2. The first-order valence-electron chi connectivity index (χ1n) is 39.4. The van der Waals surface area contributed by atoms with Crippen LogP contribution in [0.15, 0.2) is 268 Å². The van der Waals surface area contributed by atoms with Crippen molar-refractivity contribution in [3.63, 3.8) is 0 Å². The van der Waals surface area contributed by atoms with E-state index < -0.39 is 21.7 Å². The maximum Gasteiger partial charge on any atom is 2.00 e. The second kappa shape index (κ2) is 29.9. The Morgan fingerprint density at radius 1 is 0.277 bits per heavy atom. The predicted molar refractivity (Wildman–Crippen MR) is 458 cm³/mol. The molecule has 21 rings (SSSR count). The fourth-order valence-corrected chi connectivity index (χ4v) is 17.0. The molecule has 18 aromatic rings. The van der Waals surface area contributed by atoms with E-state index in [9.17, 15) is 10.2 Å². The Hall–Kier alpha value is -11.9. The summed E-state index contributed by atoms with van der Waals surface area (Å²) in [6.45, 7) is 25.8. The maximum absolute atomic E-state index is 11.9. The van der Waals surface area contributed by atoms with Gasteiger partial charge in [-0.05, 0) is 110 Å². The van der Waals surface area contributed by atoms with Crippen LogP contribution in [0.25, 0.3) is 113 Å². The molecule has 2 N–H and O–H groups in total. The van der Waals surface area contributed by atoms with Gasteiger partial charge in [-0.1, -0.05) is 248 Å². The number of benzene rings is 8. The molecule has 21 heteroatoms. The summed E-state index contributed by atoms with van der Waals surface area (Å²) >= 11 is 0. The molecule has 0 aliphatic carbocycles. The van der Waals surface area contributed by atoms with Gasteiger partial charge in [0.05, 0.1) is 45.3 Å². The molecule has 1 radical (unpaired) electrons. The van der Waals surface area contributed by atoms with Gasteiger partial charge in [0.15, 0.2) is 0 Å². The summed E-state index contributed by atoms with van der Waals surface area (Å²) in [6, 6.07) is 77.8. The third kappa shape index (κ3) is 13.1. The molecule has 0 amide bonds. The van der Waals surface area contributed by atoms with E-state index in [2.05, 4.69) is 247 Å². The van der Waals surface area contributed by atoms with Crippen molar-refractivity contribution in [1.29, 1.82) is 0 Å². The van der Waals surface area contributed by atoms with Crippen LogP contribution in [0, 0.1) is 0 Å². The quantitative estimate of drug-likeness (QED) is 0.158. The smallest absolute Gasteiger partial charge is 0.658 e. The second-order valence-electron chi connectivity index (χ2n) is 34.0. The van der Waals surface area contributed by atoms with Gasteiger partial charge >= 0.3 is 37.5 Å². The first kappa shape index (κ1) is 80.9. The largest absolute Gasteiger partial charge is 2.00 e. The summed E-state index contributed by atoms with van der Waals surface area (Å²) in [5.41, 5.74) is 16.4. The van der Waals surface area contributed by atoms with Gasteiger partial charge in [-0.3, -0.25) is 9.13 Å². The average Bonchev–Trinajstić information content (AvgIpc) is 1.56. The molecule has 10 aromatic heterocycles. The topological polar surface area (TPSA) is 204 Å². The molecule has 0 spiro atoms. The van der Waals surface area contributed by atoms with Crippen molar-refractivity contribution < 1.29 is 68.8 Å². The number of hydrogen-bond donors (Lipinski definition) is 2. The Kier molecular flexibility index (Phi) is 20.3. The van der Waals surface area contributed by atoms with Crippen LogP contribution < -0.4 is 19.9 Å². The zero-order valence-electron chi connectivity index (χ0n) is 68.4. The van der Waals surface area contributed by atoms with Crippen LogP contribution in [0.2, 0.25) is 0 Å². The van der Waals surface area contributed by atoms with Crippen molar-refractivity contribution in [2.45, 2.75) is 116 Å². The first-order valence-corrected chi connectivity index (χ1v) is 39.4. The van der Waals surface area contributed by atoms with Gasteiger partial charge in [0, 0.05) is 139 Å². The Balaban J connectivity index is 0.000000135. The number of phenols is 2. The number of imidazole rings is 6. The van der Waals surface area contributed by atoms with Crippen LogP contribution in [-0.2, 0) is 105 Å². The molecule has 603 valence electrons. The van der Waals surface area contributed by atoms with E-state index in [4.69, 9.17) is 49.8 Å². The van der Waals surface area contributed by atoms with Crippen LogP contribution in [0.3, 0.4) is 0 Å². The standard InChI is InChI=1S/C40H32N6.C36H32N4O2.C22H24N6.Cu.Pd.Pt/c1-39(2)31-23-45(25-15-7-5-8-16-25)37(41-31)34-28-20-12-14-22-30(28)36(44-34)40(3,4)32-24-46(26-17-9-6-10-18-26)38(42-32)33-27-19-11-13-21-29(27)35(39)43-33;1-35(2)27-19-11-17-25(31(27)41)34-38-30(22-40(34)24-15-9-6-10-16-24)36(3,4)28-20-12-18-26(32(28)42)33-37-29(35)21-39(33)23-13-7-5-8-14-23;1-21(2)15-9-7-13(23-15)20-26-18(12-28(20)6)22(3,4)16-10-8-14(24-16)19-25-17(21)11-27(19)5;;;/h5-24H,1-4H3;5-22,41-42H,1-4H3;7-12H,1-6H3;;;/q-2;;-2;2*+2;. The molecule has 3 aliphatic heterocycles.